The molecule has 0 aliphatic heterocycles. The number of benzene rings is 3. The molecule has 0 bridgehead atoms. The van der Waals surface area contributed by atoms with Crippen LogP contribution in [0.2, 0.25) is 10.0 Å². The van der Waals surface area contributed by atoms with Crippen LogP contribution in [0.1, 0.15) is 30.0 Å². The fourth-order valence-corrected chi connectivity index (χ4v) is 4.10. The summed E-state index contributed by atoms with van der Waals surface area (Å²) < 4.78 is 0. The van der Waals surface area contributed by atoms with E-state index in [0.29, 0.717) is 23.0 Å². The lowest BCUT2D eigenvalue weighted by Crippen LogP contribution is -2.51. The number of amides is 2. The monoisotopic (exact) mass is 482 g/mol. The molecule has 2 amide bonds. The van der Waals surface area contributed by atoms with Gasteiger partial charge in [0.2, 0.25) is 11.8 Å². The number of hydrogen-bond donors (Lipinski definition) is 1. The minimum atomic E-state index is -0.662. The van der Waals surface area contributed by atoms with Crippen LogP contribution in [0.15, 0.2) is 78.9 Å². The van der Waals surface area contributed by atoms with Crippen molar-refractivity contribution in [2.24, 2.45) is 0 Å². The van der Waals surface area contributed by atoms with Crippen LogP contribution in [-0.2, 0) is 29.0 Å². The van der Waals surface area contributed by atoms with Gasteiger partial charge in [0.15, 0.2) is 0 Å². The van der Waals surface area contributed by atoms with Crippen molar-refractivity contribution in [1.82, 2.24) is 10.2 Å². The van der Waals surface area contributed by atoms with Gasteiger partial charge in [-0.3, -0.25) is 9.59 Å². The molecule has 0 aliphatic carbocycles. The van der Waals surface area contributed by atoms with E-state index in [9.17, 15) is 9.59 Å². The van der Waals surface area contributed by atoms with Crippen molar-refractivity contribution >= 4 is 35.0 Å². The summed E-state index contributed by atoms with van der Waals surface area (Å²) in [5, 5.41) is 4.14. The van der Waals surface area contributed by atoms with Crippen molar-refractivity contribution in [2.75, 3.05) is 6.54 Å². The molecule has 0 aromatic heterocycles. The van der Waals surface area contributed by atoms with Crippen LogP contribution in [0.4, 0.5) is 0 Å². The Labute approximate surface area is 205 Å². The molecule has 3 aromatic carbocycles. The van der Waals surface area contributed by atoms with Crippen LogP contribution >= 0.6 is 23.2 Å². The van der Waals surface area contributed by atoms with Gasteiger partial charge in [-0.1, -0.05) is 84.7 Å². The average molecular weight is 483 g/mol. The summed E-state index contributed by atoms with van der Waals surface area (Å²) in [4.78, 5) is 28.5. The maximum absolute atomic E-state index is 13.6. The molecule has 172 valence electrons. The molecule has 1 N–H and O–H groups in total. The Hall–Kier alpha value is -2.82. The summed E-state index contributed by atoms with van der Waals surface area (Å²) in [6, 6.07) is 23.7. The lowest BCUT2D eigenvalue weighted by Gasteiger charge is -2.31. The van der Waals surface area contributed by atoms with Crippen molar-refractivity contribution in [3.63, 3.8) is 0 Å². The predicted molar refractivity (Wildman–Crippen MR) is 134 cm³/mol. The Bertz CT molecular complexity index is 1070. The minimum absolute atomic E-state index is 0.146. The third-order valence-electron chi connectivity index (χ3n) is 5.31. The molecule has 4 nitrogen and oxygen atoms in total. The Kier molecular flexibility index (Phi) is 9.35. The summed E-state index contributed by atoms with van der Waals surface area (Å²) in [5.41, 5.74) is 2.65. The third kappa shape index (κ3) is 7.62. The van der Waals surface area contributed by atoms with E-state index in [2.05, 4.69) is 5.32 Å². The summed E-state index contributed by atoms with van der Waals surface area (Å²) >= 11 is 12.3. The highest BCUT2D eigenvalue weighted by Crippen LogP contribution is 2.19. The van der Waals surface area contributed by atoms with E-state index in [1.807, 2.05) is 67.6 Å². The van der Waals surface area contributed by atoms with Crippen LogP contribution < -0.4 is 5.32 Å². The molecule has 0 fully saturated rings. The van der Waals surface area contributed by atoms with Crippen molar-refractivity contribution < 1.29 is 9.59 Å². The zero-order valence-electron chi connectivity index (χ0n) is 18.6. The van der Waals surface area contributed by atoms with Gasteiger partial charge in [-0.25, -0.2) is 0 Å². The number of nitrogens with one attached hydrogen (secondary N) is 1. The maximum atomic E-state index is 13.6. The van der Waals surface area contributed by atoms with E-state index in [1.54, 1.807) is 23.1 Å². The van der Waals surface area contributed by atoms with E-state index in [-0.39, 0.29) is 24.8 Å². The first-order valence-electron chi connectivity index (χ1n) is 11.1. The Morgan fingerprint density at radius 1 is 0.848 bits per heavy atom. The first-order valence-corrected chi connectivity index (χ1v) is 11.8. The van der Waals surface area contributed by atoms with Crippen molar-refractivity contribution in [3.05, 3.63) is 106 Å². The third-order valence-corrected chi connectivity index (χ3v) is 5.78. The fourth-order valence-electron chi connectivity index (χ4n) is 3.68. The van der Waals surface area contributed by atoms with Crippen LogP contribution in [0.25, 0.3) is 0 Å². The molecule has 3 aromatic rings. The number of halogens is 2. The summed E-state index contributed by atoms with van der Waals surface area (Å²) in [7, 11) is 0. The number of rotatable bonds is 10. The molecule has 33 heavy (non-hydrogen) atoms. The second-order valence-electron chi connectivity index (χ2n) is 7.95. The molecular formula is C27H28Cl2N2O2. The van der Waals surface area contributed by atoms with E-state index in [0.717, 1.165) is 23.1 Å². The molecule has 0 heterocycles. The number of nitrogens with zero attached hydrogens (tertiary/aromatic N) is 1. The molecule has 0 saturated heterocycles. The van der Waals surface area contributed by atoms with Gasteiger partial charge in [0, 0.05) is 29.6 Å². The molecule has 0 aliphatic rings. The molecular weight excluding hydrogens is 455 g/mol. The fraction of sp³-hybridized carbons (Fsp3) is 0.259. The summed E-state index contributed by atoms with van der Waals surface area (Å²) in [6.45, 7) is 2.83. The van der Waals surface area contributed by atoms with Gasteiger partial charge in [0.1, 0.15) is 6.04 Å². The normalized spacial score (nSPS) is 11.6. The molecule has 0 radical (unpaired) electrons. The highest BCUT2D eigenvalue weighted by molar-refractivity contribution is 6.30. The van der Waals surface area contributed by atoms with Gasteiger partial charge in [-0.05, 0) is 47.4 Å². The lowest BCUT2D eigenvalue weighted by atomic mass is 10.0. The van der Waals surface area contributed by atoms with Gasteiger partial charge in [-0.2, -0.15) is 0 Å². The average Bonchev–Trinajstić information content (AvgIpc) is 2.80. The van der Waals surface area contributed by atoms with Gasteiger partial charge >= 0.3 is 0 Å². The highest BCUT2D eigenvalue weighted by atomic mass is 35.5. The molecule has 6 heteroatoms. The number of carbonyl (C=O) groups is 2. The van der Waals surface area contributed by atoms with E-state index in [1.165, 1.54) is 0 Å². The zero-order valence-corrected chi connectivity index (χ0v) is 20.1. The standard InChI is InChI=1S/C27H28Cl2N2O2/c1-2-14-30-27(33)25(17-20-8-4-3-5-9-20)31(19-22-11-7-13-24(29)16-22)26(32)18-21-10-6-12-23(28)15-21/h3-13,15-16,25H,2,14,17-19H2,1H3,(H,30,33)/t25-/m0/s1. The van der Waals surface area contributed by atoms with Crippen molar-refractivity contribution in [2.45, 2.75) is 38.8 Å². The van der Waals surface area contributed by atoms with Gasteiger partial charge < -0.3 is 10.2 Å². The SMILES string of the molecule is CCCNC(=O)[C@H](Cc1ccccc1)N(Cc1cccc(Cl)c1)C(=O)Cc1cccc(Cl)c1. The van der Waals surface area contributed by atoms with Crippen molar-refractivity contribution in [1.29, 1.82) is 0 Å². The number of carbonyl (C=O) groups excluding carboxylic acids is 2. The Balaban J connectivity index is 1.95. The van der Waals surface area contributed by atoms with Gasteiger partial charge in [0.25, 0.3) is 0 Å². The van der Waals surface area contributed by atoms with Crippen molar-refractivity contribution in [3.8, 4) is 0 Å². The lowest BCUT2D eigenvalue weighted by molar-refractivity contribution is -0.140. The zero-order chi connectivity index (χ0) is 23.6. The van der Waals surface area contributed by atoms with Crippen LogP contribution in [0, 0.1) is 0 Å². The largest absolute Gasteiger partial charge is 0.354 e. The summed E-state index contributed by atoms with van der Waals surface area (Å²) in [5.74, 6) is -0.313. The molecule has 0 spiro atoms. The molecule has 0 saturated carbocycles. The molecule has 0 unspecified atom stereocenters. The smallest absolute Gasteiger partial charge is 0.243 e. The van der Waals surface area contributed by atoms with Gasteiger partial charge in [0.05, 0.1) is 6.42 Å². The molecule has 3 rings (SSSR count). The first-order chi connectivity index (χ1) is 16.0. The van der Waals surface area contributed by atoms with E-state index < -0.39 is 6.04 Å². The van der Waals surface area contributed by atoms with Gasteiger partial charge in [-0.15, -0.1) is 0 Å². The Morgan fingerprint density at radius 3 is 2.09 bits per heavy atom. The minimum Gasteiger partial charge on any atom is -0.354 e. The Morgan fingerprint density at radius 2 is 1.45 bits per heavy atom. The van der Waals surface area contributed by atoms with E-state index >= 15 is 0 Å². The van der Waals surface area contributed by atoms with Crippen LogP contribution in [0.3, 0.4) is 0 Å². The highest BCUT2D eigenvalue weighted by Gasteiger charge is 2.30. The first kappa shape index (κ1) is 24.8. The maximum Gasteiger partial charge on any atom is 0.243 e. The topological polar surface area (TPSA) is 49.4 Å². The second-order valence-corrected chi connectivity index (χ2v) is 8.83. The van der Waals surface area contributed by atoms with Crippen LogP contribution in [0.5, 0.6) is 0 Å². The van der Waals surface area contributed by atoms with E-state index in [4.69, 9.17) is 23.2 Å². The molecule has 1 atom stereocenters. The summed E-state index contributed by atoms with van der Waals surface area (Å²) in [6.07, 6.45) is 1.38. The quantitative estimate of drug-likeness (QED) is 0.402. The predicted octanol–water partition coefficient (Wildman–Crippen LogP) is 5.70. The number of hydrogen-bond acceptors (Lipinski definition) is 2. The second kappa shape index (κ2) is 12.4. The van der Waals surface area contributed by atoms with Crippen LogP contribution in [-0.4, -0.2) is 29.3 Å².